The van der Waals surface area contributed by atoms with Crippen LogP contribution < -0.4 is 0 Å². The monoisotopic (exact) mass is 306 g/mol. The molecule has 0 bridgehead atoms. The summed E-state index contributed by atoms with van der Waals surface area (Å²) in [6.45, 7) is 1.63. The van der Waals surface area contributed by atoms with Gasteiger partial charge in [-0.15, -0.1) is 0 Å². The van der Waals surface area contributed by atoms with Crippen LogP contribution in [0.15, 0.2) is 24.3 Å². The first-order valence-electron chi connectivity index (χ1n) is 8.31. The second-order valence-corrected chi connectivity index (χ2v) is 5.83. The Kier molecular flexibility index (Phi) is 7.40. The predicted molar refractivity (Wildman–Crippen MR) is 85.1 cm³/mol. The maximum Gasteiger partial charge on any atom is 0.335 e. The number of hydrogen-bond donors (Lipinski definition) is 1. The summed E-state index contributed by atoms with van der Waals surface area (Å²) in [5, 5.41) is 8.85. The van der Waals surface area contributed by atoms with Gasteiger partial charge in [0.2, 0.25) is 0 Å². The minimum absolute atomic E-state index is 0.0292. The van der Waals surface area contributed by atoms with Gasteiger partial charge < -0.3 is 14.6 Å². The number of carboxylic acids is 1. The number of aromatic carboxylic acids is 1. The van der Waals surface area contributed by atoms with E-state index in [0.29, 0.717) is 5.56 Å². The third kappa shape index (κ3) is 6.16. The van der Waals surface area contributed by atoms with E-state index in [1.807, 2.05) is 12.1 Å². The van der Waals surface area contributed by atoms with E-state index in [1.165, 1.54) is 24.8 Å². The molecule has 0 aromatic heterocycles. The Morgan fingerprint density at radius 3 is 2.59 bits per heavy atom. The molecule has 0 spiro atoms. The van der Waals surface area contributed by atoms with Gasteiger partial charge in [0, 0.05) is 13.2 Å². The fraction of sp³-hybridized carbons (Fsp3) is 0.611. The van der Waals surface area contributed by atoms with Crippen molar-refractivity contribution in [1.82, 2.24) is 0 Å². The van der Waals surface area contributed by atoms with Crippen molar-refractivity contribution < 1.29 is 19.4 Å². The lowest BCUT2D eigenvalue weighted by Crippen LogP contribution is -2.22. The van der Waals surface area contributed by atoms with Gasteiger partial charge in [-0.05, 0) is 56.2 Å². The molecule has 1 fully saturated rings. The number of benzene rings is 1. The molecule has 0 saturated carbocycles. The van der Waals surface area contributed by atoms with Crippen molar-refractivity contribution in [3.63, 3.8) is 0 Å². The Labute approximate surface area is 132 Å². The van der Waals surface area contributed by atoms with Crippen LogP contribution >= 0.6 is 0 Å². The molecular weight excluding hydrogens is 280 g/mol. The fourth-order valence-corrected chi connectivity index (χ4v) is 2.66. The Balaban J connectivity index is 1.49. The standard InChI is InChI=1S/C18H26O4/c19-18(20)16-11-9-15(10-12-16)7-3-1-2-5-13-21-17-8-4-6-14-22-17/h9-12,17H,1-8,13-14H2,(H,19,20). The van der Waals surface area contributed by atoms with E-state index in [9.17, 15) is 4.79 Å². The van der Waals surface area contributed by atoms with Crippen molar-refractivity contribution in [3.05, 3.63) is 35.4 Å². The van der Waals surface area contributed by atoms with E-state index in [2.05, 4.69) is 0 Å². The van der Waals surface area contributed by atoms with Crippen LogP contribution in [0.3, 0.4) is 0 Å². The summed E-state index contributed by atoms with van der Waals surface area (Å²) in [5.41, 5.74) is 1.56. The van der Waals surface area contributed by atoms with Crippen LogP contribution in [-0.4, -0.2) is 30.6 Å². The summed E-state index contributed by atoms with van der Waals surface area (Å²) in [6.07, 6.45) is 9.00. The van der Waals surface area contributed by atoms with E-state index in [1.54, 1.807) is 12.1 Å². The highest BCUT2D eigenvalue weighted by Crippen LogP contribution is 2.15. The van der Waals surface area contributed by atoms with E-state index < -0.39 is 5.97 Å². The van der Waals surface area contributed by atoms with Gasteiger partial charge in [-0.2, -0.15) is 0 Å². The molecule has 1 saturated heterocycles. The van der Waals surface area contributed by atoms with Crippen LogP contribution in [0.5, 0.6) is 0 Å². The smallest absolute Gasteiger partial charge is 0.335 e. The highest BCUT2D eigenvalue weighted by molar-refractivity contribution is 5.87. The van der Waals surface area contributed by atoms with E-state index >= 15 is 0 Å². The first-order valence-corrected chi connectivity index (χ1v) is 8.31. The second kappa shape index (κ2) is 9.59. The average Bonchev–Trinajstić information content (AvgIpc) is 2.55. The van der Waals surface area contributed by atoms with Gasteiger partial charge >= 0.3 is 5.97 Å². The van der Waals surface area contributed by atoms with Crippen molar-refractivity contribution in [2.24, 2.45) is 0 Å². The quantitative estimate of drug-likeness (QED) is 0.700. The van der Waals surface area contributed by atoms with Gasteiger partial charge in [0.05, 0.1) is 5.56 Å². The zero-order chi connectivity index (χ0) is 15.6. The van der Waals surface area contributed by atoms with Crippen LogP contribution in [-0.2, 0) is 15.9 Å². The maximum atomic E-state index is 10.8. The molecular formula is C18H26O4. The molecule has 0 aliphatic carbocycles. The molecule has 1 N–H and O–H groups in total. The van der Waals surface area contributed by atoms with Crippen molar-refractivity contribution in [2.75, 3.05) is 13.2 Å². The highest BCUT2D eigenvalue weighted by atomic mass is 16.7. The fourth-order valence-electron chi connectivity index (χ4n) is 2.66. The van der Waals surface area contributed by atoms with E-state index in [4.69, 9.17) is 14.6 Å². The summed E-state index contributed by atoms with van der Waals surface area (Å²) in [4.78, 5) is 10.8. The minimum atomic E-state index is -0.867. The number of hydrogen-bond acceptors (Lipinski definition) is 3. The molecule has 4 nitrogen and oxygen atoms in total. The number of carbonyl (C=O) groups is 1. The number of unbranched alkanes of at least 4 members (excludes halogenated alkanes) is 3. The highest BCUT2D eigenvalue weighted by Gasteiger charge is 2.13. The largest absolute Gasteiger partial charge is 0.478 e. The zero-order valence-electron chi connectivity index (χ0n) is 13.1. The van der Waals surface area contributed by atoms with Gasteiger partial charge in [0.1, 0.15) is 0 Å². The maximum absolute atomic E-state index is 10.8. The van der Waals surface area contributed by atoms with Crippen molar-refractivity contribution in [2.45, 2.75) is 57.7 Å². The molecule has 2 rings (SSSR count). The van der Waals surface area contributed by atoms with Gasteiger partial charge in [-0.1, -0.05) is 25.0 Å². The third-order valence-corrected chi connectivity index (χ3v) is 4.00. The summed E-state index contributed by atoms with van der Waals surface area (Å²) in [5.74, 6) is -0.867. The summed E-state index contributed by atoms with van der Waals surface area (Å²) < 4.78 is 11.2. The summed E-state index contributed by atoms with van der Waals surface area (Å²) >= 11 is 0. The SMILES string of the molecule is O=C(O)c1ccc(CCCCCCOC2CCCCO2)cc1. The number of ether oxygens (including phenoxy) is 2. The lowest BCUT2D eigenvalue weighted by atomic mass is 10.0. The molecule has 0 amide bonds. The summed E-state index contributed by atoms with van der Waals surface area (Å²) in [6, 6.07) is 7.17. The second-order valence-electron chi connectivity index (χ2n) is 5.83. The van der Waals surface area contributed by atoms with Crippen LogP contribution in [0.4, 0.5) is 0 Å². The molecule has 1 unspecified atom stereocenters. The average molecular weight is 306 g/mol. The van der Waals surface area contributed by atoms with E-state index in [0.717, 1.165) is 45.3 Å². The summed E-state index contributed by atoms with van der Waals surface area (Å²) in [7, 11) is 0. The zero-order valence-corrected chi connectivity index (χ0v) is 13.1. The van der Waals surface area contributed by atoms with Crippen LogP contribution in [0.2, 0.25) is 0 Å². The van der Waals surface area contributed by atoms with Crippen molar-refractivity contribution in [3.8, 4) is 0 Å². The van der Waals surface area contributed by atoms with Crippen molar-refractivity contribution >= 4 is 5.97 Å². The lowest BCUT2D eigenvalue weighted by Gasteiger charge is -2.22. The molecule has 0 radical (unpaired) electrons. The minimum Gasteiger partial charge on any atom is -0.478 e. The molecule has 1 atom stereocenters. The normalized spacial score (nSPS) is 18.3. The molecule has 1 heterocycles. The van der Waals surface area contributed by atoms with Gasteiger partial charge in [0.15, 0.2) is 6.29 Å². The number of aryl methyl sites for hydroxylation is 1. The number of carboxylic acid groups (broad SMARTS) is 1. The number of rotatable bonds is 9. The van der Waals surface area contributed by atoms with Crippen LogP contribution in [0.1, 0.15) is 60.9 Å². The van der Waals surface area contributed by atoms with E-state index in [-0.39, 0.29) is 6.29 Å². The first-order chi connectivity index (χ1) is 10.8. The molecule has 22 heavy (non-hydrogen) atoms. The topological polar surface area (TPSA) is 55.8 Å². The van der Waals surface area contributed by atoms with Crippen LogP contribution in [0, 0.1) is 0 Å². The molecule has 122 valence electrons. The molecule has 1 aromatic rings. The molecule has 1 aromatic carbocycles. The molecule has 4 heteroatoms. The van der Waals surface area contributed by atoms with Gasteiger partial charge in [0.25, 0.3) is 0 Å². The molecule has 1 aliphatic heterocycles. The van der Waals surface area contributed by atoms with Crippen LogP contribution in [0.25, 0.3) is 0 Å². The van der Waals surface area contributed by atoms with Crippen molar-refractivity contribution in [1.29, 1.82) is 0 Å². The Morgan fingerprint density at radius 1 is 1.14 bits per heavy atom. The Hall–Kier alpha value is -1.39. The first kappa shape index (κ1) is 17.0. The lowest BCUT2D eigenvalue weighted by molar-refractivity contribution is -0.162. The molecule has 1 aliphatic rings. The van der Waals surface area contributed by atoms with Gasteiger partial charge in [-0.25, -0.2) is 4.79 Å². The predicted octanol–water partition coefficient (Wildman–Crippen LogP) is 4.03. The Bertz CT molecular complexity index is 435. The van der Waals surface area contributed by atoms with Gasteiger partial charge in [-0.3, -0.25) is 0 Å². The Morgan fingerprint density at radius 2 is 1.91 bits per heavy atom. The third-order valence-electron chi connectivity index (χ3n) is 4.00.